The number of hydrogen-bond donors (Lipinski definition) is 2. The molecule has 0 amide bonds. The van der Waals surface area contributed by atoms with Gasteiger partial charge in [0.1, 0.15) is 5.82 Å². The van der Waals surface area contributed by atoms with E-state index in [1.165, 1.54) is 48.2 Å². The number of nitrogens with one attached hydrogen (secondary N) is 1. The summed E-state index contributed by atoms with van der Waals surface area (Å²) >= 11 is 0. The Kier molecular flexibility index (Phi) is 2.04. The van der Waals surface area contributed by atoms with Gasteiger partial charge in [-0.05, 0) is 31.2 Å². The number of nitrogens with zero attached hydrogens (tertiary/aromatic N) is 1. The standard InChI is InChI=1S/C15H19N3/c1-9(16)11-3-2-4-12-13-10-5-7-18(8-6-10)15(13)17-14(11)12/h2-4,9-10,17H,5-8,16H2,1H3. The third-order valence-electron chi connectivity index (χ3n) is 4.60. The van der Waals surface area contributed by atoms with Gasteiger partial charge in [-0.2, -0.15) is 0 Å². The second-order valence-corrected chi connectivity index (χ2v) is 5.71. The number of aromatic amines is 1. The molecule has 1 fully saturated rings. The van der Waals surface area contributed by atoms with Crippen LogP contribution in [0.3, 0.4) is 0 Å². The van der Waals surface area contributed by atoms with Crippen LogP contribution < -0.4 is 10.6 Å². The van der Waals surface area contributed by atoms with Crippen molar-refractivity contribution >= 4 is 16.7 Å². The summed E-state index contributed by atoms with van der Waals surface area (Å²) in [7, 11) is 0. The average molecular weight is 241 g/mol. The van der Waals surface area contributed by atoms with Crippen LogP contribution in [0.1, 0.15) is 42.9 Å². The van der Waals surface area contributed by atoms with Crippen molar-refractivity contribution in [3.63, 3.8) is 0 Å². The first-order valence-electron chi connectivity index (χ1n) is 6.90. The third-order valence-corrected chi connectivity index (χ3v) is 4.60. The first kappa shape index (κ1) is 10.4. The van der Waals surface area contributed by atoms with E-state index in [1.54, 1.807) is 5.56 Å². The smallest absolute Gasteiger partial charge is 0.110 e. The number of rotatable bonds is 1. The molecule has 4 heterocycles. The molecule has 5 rings (SSSR count). The average Bonchev–Trinajstić information content (AvgIpc) is 2.80. The number of anilines is 1. The largest absolute Gasteiger partial charge is 0.358 e. The predicted octanol–water partition coefficient (Wildman–Crippen LogP) is 2.89. The van der Waals surface area contributed by atoms with Gasteiger partial charge in [-0.3, -0.25) is 0 Å². The number of aromatic nitrogens is 1. The molecule has 3 aliphatic rings. The fraction of sp³-hybridized carbons (Fsp3) is 0.467. The zero-order valence-corrected chi connectivity index (χ0v) is 10.7. The molecular weight excluding hydrogens is 222 g/mol. The van der Waals surface area contributed by atoms with Gasteiger partial charge in [0.15, 0.2) is 0 Å². The minimum Gasteiger partial charge on any atom is -0.358 e. The number of hydrogen-bond acceptors (Lipinski definition) is 2. The van der Waals surface area contributed by atoms with Crippen molar-refractivity contribution in [2.75, 3.05) is 18.0 Å². The van der Waals surface area contributed by atoms with E-state index in [0.29, 0.717) is 0 Å². The van der Waals surface area contributed by atoms with E-state index < -0.39 is 0 Å². The van der Waals surface area contributed by atoms with Crippen LogP contribution in [0.4, 0.5) is 5.82 Å². The number of benzene rings is 1. The lowest BCUT2D eigenvalue weighted by molar-refractivity contribution is 0.475. The zero-order chi connectivity index (χ0) is 12.3. The Morgan fingerprint density at radius 1 is 1.33 bits per heavy atom. The summed E-state index contributed by atoms with van der Waals surface area (Å²) in [5, 5.41) is 1.40. The van der Waals surface area contributed by atoms with Crippen LogP contribution in [-0.4, -0.2) is 18.1 Å². The van der Waals surface area contributed by atoms with Crippen molar-refractivity contribution in [3.8, 4) is 0 Å². The molecule has 3 N–H and O–H groups in total. The van der Waals surface area contributed by atoms with Gasteiger partial charge in [0.25, 0.3) is 0 Å². The van der Waals surface area contributed by atoms with Gasteiger partial charge in [0, 0.05) is 30.1 Å². The lowest BCUT2D eigenvalue weighted by Gasteiger charge is -2.40. The highest BCUT2D eigenvalue weighted by molar-refractivity contribution is 5.93. The van der Waals surface area contributed by atoms with Crippen LogP contribution in [-0.2, 0) is 0 Å². The molecule has 0 saturated carbocycles. The fourth-order valence-electron chi connectivity index (χ4n) is 3.68. The maximum atomic E-state index is 6.09. The molecule has 3 aliphatic heterocycles. The Labute approximate surface area is 107 Å². The van der Waals surface area contributed by atoms with Crippen molar-refractivity contribution in [1.82, 2.24) is 4.98 Å². The van der Waals surface area contributed by atoms with E-state index in [4.69, 9.17) is 5.73 Å². The molecular formula is C15H19N3. The molecule has 0 aliphatic carbocycles. The molecule has 0 radical (unpaired) electrons. The number of H-pyrrole nitrogens is 1. The third kappa shape index (κ3) is 1.23. The van der Waals surface area contributed by atoms with Gasteiger partial charge < -0.3 is 15.6 Å². The normalized spacial score (nSPS) is 20.4. The van der Waals surface area contributed by atoms with Gasteiger partial charge >= 0.3 is 0 Å². The zero-order valence-electron chi connectivity index (χ0n) is 10.7. The summed E-state index contributed by atoms with van der Waals surface area (Å²) in [6.07, 6.45) is 2.62. The van der Waals surface area contributed by atoms with Crippen LogP contribution in [0, 0.1) is 0 Å². The van der Waals surface area contributed by atoms with Crippen LogP contribution >= 0.6 is 0 Å². The van der Waals surface area contributed by atoms with Gasteiger partial charge in [-0.15, -0.1) is 0 Å². The van der Waals surface area contributed by atoms with E-state index in [0.717, 1.165) is 5.92 Å². The fourth-order valence-corrected chi connectivity index (χ4v) is 3.68. The Balaban J connectivity index is 2.04. The molecule has 1 aromatic heterocycles. The number of piperidine rings is 1. The molecule has 94 valence electrons. The van der Waals surface area contributed by atoms with Crippen molar-refractivity contribution in [3.05, 3.63) is 29.3 Å². The monoisotopic (exact) mass is 241 g/mol. The highest BCUT2D eigenvalue weighted by Gasteiger charge is 2.34. The number of nitrogens with two attached hydrogens (primary N) is 1. The van der Waals surface area contributed by atoms with E-state index in [9.17, 15) is 0 Å². The van der Waals surface area contributed by atoms with Gasteiger partial charge in [-0.25, -0.2) is 0 Å². The van der Waals surface area contributed by atoms with Crippen molar-refractivity contribution in [2.24, 2.45) is 5.73 Å². The van der Waals surface area contributed by atoms with E-state index >= 15 is 0 Å². The summed E-state index contributed by atoms with van der Waals surface area (Å²) in [5.41, 5.74) is 10.1. The highest BCUT2D eigenvalue weighted by atomic mass is 15.2. The molecule has 1 saturated heterocycles. The minimum absolute atomic E-state index is 0.0847. The molecule has 2 aromatic rings. The summed E-state index contributed by atoms with van der Waals surface area (Å²) < 4.78 is 0. The van der Waals surface area contributed by atoms with Crippen LogP contribution in [0.2, 0.25) is 0 Å². The van der Waals surface area contributed by atoms with Gasteiger partial charge in [-0.1, -0.05) is 18.2 Å². The summed E-state index contributed by atoms with van der Waals surface area (Å²) in [6.45, 7) is 4.47. The lowest BCUT2D eigenvalue weighted by atomic mass is 9.84. The molecule has 18 heavy (non-hydrogen) atoms. The number of para-hydroxylation sites is 1. The Bertz CT molecular complexity index is 603. The Hall–Kier alpha value is -1.48. The maximum Gasteiger partial charge on any atom is 0.110 e. The summed E-state index contributed by atoms with van der Waals surface area (Å²) in [5.74, 6) is 2.11. The van der Waals surface area contributed by atoms with Crippen LogP contribution in [0.25, 0.3) is 10.9 Å². The second kappa shape index (κ2) is 3.51. The topological polar surface area (TPSA) is 45.1 Å². The van der Waals surface area contributed by atoms with Crippen molar-refractivity contribution in [2.45, 2.75) is 31.7 Å². The highest BCUT2D eigenvalue weighted by Crippen LogP contribution is 2.46. The summed E-state index contributed by atoms with van der Waals surface area (Å²) in [6, 6.07) is 6.62. The number of fused-ring (bicyclic) bond motifs is 3. The summed E-state index contributed by atoms with van der Waals surface area (Å²) in [4.78, 5) is 6.14. The quantitative estimate of drug-likeness (QED) is 0.806. The predicted molar refractivity (Wildman–Crippen MR) is 75.1 cm³/mol. The lowest BCUT2D eigenvalue weighted by Crippen LogP contribution is -2.38. The molecule has 2 bridgehead atoms. The molecule has 1 aromatic carbocycles. The van der Waals surface area contributed by atoms with E-state index in [1.807, 2.05) is 0 Å². The van der Waals surface area contributed by atoms with Crippen molar-refractivity contribution < 1.29 is 0 Å². The molecule has 3 nitrogen and oxygen atoms in total. The van der Waals surface area contributed by atoms with E-state index in [-0.39, 0.29) is 6.04 Å². The van der Waals surface area contributed by atoms with Crippen LogP contribution in [0.15, 0.2) is 18.2 Å². The molecule has 1 atom stereocenters. The van der Waals surface area contributed by atoms with Crippen molar-refractivity contribution in [1.29, 1.82) is 0 Å². The first-order valence-corrected chi connectivity index (χ1v) is 6.90. The van der Waals surface area contributed by atoms with Gasteiger partial charge in [0.2, 0.25) is 0 Å². The first-order chi connectivity index (χ1) is 8.75. The Morgan fingerprint density at radius 3 is 2.83 bits per heavy atom. The molecule has 0 spiro atoms. The minimum atomic E-state index is 0.0847. The van der Waals surface area contributed by atoms with E-state index in [2.05, 4.69) is 35.0 Å². The molecule has 1 unspecified atom stereocenters. The molecule has 3 heteroatoms. The second-order valence-electron chi connectivity index (χ2n) is 5.71. The Morgan fingerprint density at radius 2 is 2.11 bits per heavy atom. The SMILES string of the molecule is CC(N)c1cccc2c3c([nH]c12)N1CCC3CC1. The maximum absolute atomic E-state index is 6.09. The van der Waals surface area contributed by atoms with Gasteiger partial charge in [0.05, 0.1) is 5.52 Å². The van der Waals surface area contributed by atoms with Crippen LogP contribution in [0.5, 0.6) is 0 Å².